The third-order valence-electron chi connectivity index (χ3n) is 3.94. The number of carbonyl (C=O) groups is 2. The second-order valence-corrected chi connectivity index (χ2v) is 6.27. The van der Waals surface area contributed by atoms with Crippen molar-refractivity contribution < 1.29 is 9.59 Å². The minimum Gasteiger partial charge on any atom is -0.344 e. The maximum absolute atomic E-state index is 12.4. The standard InChI is InChI=1S/C17H24N2O2/c1-11(2)9-16(20)18-15-7-8-19(17(15)21)14-6-5-12(3)13(4)10-14/h5-6,10-11,15H,7-9H2,1-4H3,(H,18,20)/t15-/m0/s1. The summed E-state index contributed by atoms with van der Waals surface area (Å²) >= 11 is 0. The Labute approximate surface area is 126 Å². The number of benzene rings is 1. The van der Waals surface area contributed by atoms with Crippen LogP contribution in [0.4, 0.5) is 5.69 Å². The zero-order chi connectivity index (χ0) is 15.6. The molecule has 2 rings (SSSR count). The number of nitrogens with zero attached hydrogens (tertiary/aromatic N) is 1. The molecular weight excluding hydrogens is 264 g/mol. The van der Waals surface area contributed by atoms with Crippen LogP contribution in [0, 0.1) is 19.8 Å². The molecule has 0 unspecified atom stereocenters. The third-order valence-corrected chi connectivity index (χ3v) is 3.94. The summed E-state index contributed by atoms with van der Waals surface area (Å²) in [5.41, 5.74) is 3.31. The number of rotatable bonds is 4. The third kappa shape index (κ3) is 3.63. The molecule has 2 amide bonds. The second kappa shape index (κ2) is 6.29. The lowest BCUT2D eigenvalue weighted by Crippen LogP contribution is -2.41. The van der Waals surface area contributed by atoms with Gasteiger partial charge in [0, 0.05) is 18.7 Å². The van der Waals surface area contributed by atoms with Gasteiger partial charge >= 0.3 is 0 Å². The van der Waals surface area contributed by atoms with Crippen molar-refractivity contribution in [3.05, 3.63) is 29.3 Å². The van der Waals surface area contributed by atoms with Crippen LogP contribution in [-0.2, 0) is 9.59 Å². The van der Waals surface area contributed by atoms with Crippen molar-refractivity contribution in [1.82, 2.24) is 5.32 Å². The molecule has 1 aromatic carbocycles. The Morgan fingerprint density at radius 3 is 2.67 bits per heavy atom. The predicted molar refractivity (Wildman–Crippen MR) is 84.3 cm³/mol. The van der Waals surface area contributed by atoms with Crippen LogP contribution in [0.3, 0.4) is 0 Å². The summed E-state index contributed by atoms with van der Waals surface area (Å²) < 4.78 is 0. The van der Waals surface area contributed by atoms with Crippen molar-refractivity contribution in [3.63, 3.8) is 0 Å². The Morgan fingerprint density at radius 2 is 2.05 bits per heavy atom. The fourth-order valence-electron chi connectivity index (χ4n) is 2.59. The van der Waals surface area contributed by atoms with Gasteiger partial charge in [-0.15, -0.1) is 0 Å². The first-order chi connectivity index (χ1) is 9.88. The van der Waals surface area contributed by atoms with Crippen LogP contribution in [0.25, 0.3) is 0 Å². The smallest absolute Gasteiger partial charge is 0.249 e. The Kier molecular flexibility index (Phi) is 4.66. The average Bonchev–Trinajstić information content (AvgIpc) is 2.74. The second-order valence-electron chi connectivity index (χ2n) is 6.27. The molecule has 1 aromatic rings. The predicted octanol–water partition coefficient (Wildman–Crippen LogP) is 2.57. The van der Waals surface area contributed by atoms with Crippen LogP contribution >= 0.6 is 0 Å². The van der Waals surface area contributed by atoms with E-state index in [1.165, 1.54) is 11.1 Å². The Morgan fingerprint density at radius 1 is 1.33 bits per heavy atom. The molecule has 21 heavy (non-hydrogen) atoms. The molecule has 0 radical (unpaired) electrons. The maximum atomic E-state index is 12.4. The van der Waals surface area contributed by atoms with Crippen molar-refractivity contribution in [2.24, 2.45) is 5.92 Å². The highest BCUT2D eigenvalue weighted by Gasteiger charge is 2.33. The molecule has 1 aliphatic heterocycles. The molecule has 0 aliphatic carbocycles. The van der Waals surface area contributed by atoms with E-state index in [0.29, 0.717) is 25.3 Å². The van der Waals surface area contributed by atoms with Gasteiger partial charge in [-0.1, -0.05) is 19.9 Å². The van der Waals surface area contributed by atoms with E-state index in [0.717, 1.165) is 5.69 Å². The molecule has 4 nitrogen and oxygen atoms in total. The van der Waals surface area contributed by atoms with Crippen molar-refractivity contribution in [3.8, 4) is 0 Å². The molecular formula is C17H24N2O2. The van der Waals surface area contributed by atoms with Crippen molar-refractivity contribution in [2.75, 3.05) is 11.4 Å². The van der Waals surface area contributed by atoms with Gasteiger partial charge in [0.1, 0.15) is 6.04 Å². The van der Waals surface area contributed by atoms with Crippen LogP contribution in [0.5, 0.6) is 0 Å². The lowest BCUT2D eigenvalue weighted by molar-refractivity contribution is -0.126. The molecule has 0 bridgehead atoms. The van der Waals surface area contributed by atoms with E-state index in [9.17, 15) is 9.59 Å². The molecule has 0 spiro atoms. The van der Waals surface area contributed by atoms with Gasteiger partial charge < -0.3 is 10.2 Å². The van der Waals surface area contributed by atoms with Gasteiger partial charge in [0.25, 0.3) is 0 Å². The highest BCUT2D eigenvalue weighted by atomic mass is 16.2. The van der Waals surface area contributed by atoms with Gasteiger partial charge in [-0.25, -0.2) is 0 Å². The van der Waals surface area contributed by atoms with Crippen molar-refractivity contribution in [2.45, 2.75) is 46.6 Å². The van der Waals surface area contributed by atoms with Gasteiger partial charge in [-0.2, -0.15) is 0 Å². The van der Waals surface area contributed by atoms with Crippen molar-refractivity contribution >= 4 is 17.5 Å². The molecule has 0 aromatic heterocycles. The summed E-state index contributed by atoms with van der Waals surface area (Å²) in [7, 11) is 0. The van der Waals surface area contributed by atoms with Gasteiger partial charge in [-0.05, 0) is 49.4 Å². The highest BCUT2D eigenvalue weighted by molar-refractivity contribution is 6.01. The molecule has 0 saturated carbocycles. The number of aryl methyl sites for hydroxylation is 2. The molecule has 1 heterocycles. The topological polar surface area (TPSA) is 49.4 Å². The first-order valence-corrected chi connectivity index (χ1v) is 7.56. The van der Waals surface area contributed by atoms with Gasteiger partial charge in [0.05, 0.1) is 0 Å². The van der Waals surface area contributed by atoms with Gasteiger partial charge in [-0.3, -0.25) is 9.59 Å². The van der Waals surface area contributed by atoms with Crippen molar-refractivity contribution in [1.29, 1.82) is 0 Å². The molecule has 1 aliphatic rings. The number of hydrogen-bond acceptors (Lipinski definition) is 2. The summed E-state index contributed by atoms with van der Waals surface area (Å²) in [5.74, 6) is 0.262. The Hall–Kier alpha value is -1.84. The number of hydrogen-bond donors (Lipinski definition) is 1. The zero-order valence-corrected chi connectivity index (χ0v) is 13.3. The highest BCUT2D eigenvalue weighted by Crippen LogP contribution is 2.24. The van der Waals surface area contributed by atoms with E-state index in [1.807, 2.05) is 39.0 Å². The molecule has 4 heteroatoms. The van der Waals surface area contributed by atoms with Crippen LogP contribution in [0.1, 0.15) is 37.8 Å². The fraction of sp³-hybridized carbons (Fsp3) is 0.529. The molecule has 1 fully saturated rings. The molecule has 1 N–H and O–H groups in total. The Bertz CT molecular complexity index is 552. The number of amides is 2. The van der Waals surface area contributed by atoms with E-state index in [4.69, 9.17) is 0 Å². The minimum absolute atomic E-state index is 0.00430. The largest absolute Gasteiger partial charge is 0.344 e. The Balaban J connectivity index is 2.04. The van der Waals surface area contributed by atoms with E-state index < -0.39 is 0 Å². The molecule has 1 saturated heterocycles. The van der Waals surface area contributed by atoms with Gasteiger partial charge in [0.15, 0.2) is 0 Å². The number of carbonyl (C=O) groups excluding carboxylic acids is 2. The van der Waals surface area contributed by atoms with Gasteiger partial charge in [0.2, 0.25) is 11.8 Å². The van der Waals surface area contributed by atoms with E-state index in [2.05, 4.69) is 12.2 Å². The summed E-state index contributed by atoms with van der Waals surface area (Å²) in [4.78, 5) is 26.0. The first kappa shape index (κ1) is 15.5. The summed E-state index contributed by atoms with van der Waals surface area (Å²) in [6.45, 7) is 8.75. The lowest BCUT2D eigenvalue weighted by atomic mass is 10.1. The van der Waals surface area contributed by atoms with Crippen LogP contribution in [-0.4, -0.2) is 24.4 Å². The first-order valence-electron chi connectivity index (χ1n) is 7.56. The summed E-state index contributed by atoms with van der Waals surface area (Å²) in [6, 6.07) is 5.66. The fourth-order valence-corrected chi connectivity index (χ4v) is 2.59. The van der Waals surface area contributed by atoms with E-state index in [-0.39, 0.29) is 17.9 Å². The number of anilines is 1. The lowest BCUT2D eigenvalue weighted by Gasteiger charge is -2.18. The van der Waals surface area contributed by atoms with Crippen LogP contribution < -0.4 is 10.2 Å². The summed E-state index contributed by atoms with van der Waals surface area (Å²) in [6.07, 6.45) is 1.14. The summed E-state index contributed by atoms with van der Waals surface area (Å²) in [5, 5.41) is 2.86. The molecule has 114 valence electrons. The van der Waals surface area contributed by atoms with E-state index >= 15 is 0 Å². The normalized spacial score (nSPS) is 18.4. The maximum Gasteiger partial charge on any atom is 0.249 e. The minimum atomic E-state index is -0.377. The van der Waals surface area contributed by atoms with Crippen LogP contribution in [0.15, 0.2) is 18.2 Å². The average molecular weight is 288 g/mol. The number of nitrogens with one attached hydrogen (secondary N) is 1. The quantitative estimate of drug-likeness (QED) is 0.925. The zero-order valence-electron chi connectivity index (χ0n) is 13.3. The van der Waals surface area contributed by atoms with Crippen LogP contribution in [0.2, 0.25) is 0 Å². The molecule has 1 atom stereocenters. The SMILES string of the molecule is Cc1ccc(N2CC[C@H](NC(=O)CC(C)C)C2=O)cc1C. The monoisotopic (exact) mass is 288 g/mol. The van der Waals surface area contributed by atoms with E-state index in [1.54, 1.807) is 4.90 Å².